The lowest BCUT2D eigenvalue weighted by Gasteiger charge is -2.35. The number of nitro benzene ring substituents is 1. The van der Waals surface area contributed by atoms with Gasteiger partial charge in [-0.25, -0.2) is 0 Å². The van der Waals surface area contributed by atoms with Crippen molar-refractivity contribution in [1.82, 2.24) is 4.90 Å². The molecule has 0 aliphatic carbocycles. The van der Waals surface area contributed by atoms with Crippen LogP contribution in [-0.4, -0.2) is 56.3 Å². The van der Waals surface area contributed by atoms with E-state index in [9.17, 15) is 10.1 Å². The predicted octanol–water partition coefficient (Wildman–Crippen LogP) is 1.36. The Kier molecular flexibility index (Phi) is 4.70. The van der Waals surface area contributed by atoms with Gasteiger partial charge >= 0.3 is 0 Å². The monoisotopic (exact) mass is 265 g/mol. The number of piperazine rings is 1. The Morgan fingerprint density at radius 1 is 1.32 bits per heavy atom. The molecule has 1 aromatic carbocycles. The second-order valence-electron chi connectivity index (χ2n) is 4.60. The van der Waals surface area contributed by atoms with Crippen LogP contribution in [0.3, 0.4) is 0 Å². The maximum Gasteiger partial charge on any atom is 0.271 e. The molecule has 1 saturated heterocycles. The Hall–Kier alpha value is -1.66. The Bertz CT molecular complexity index is 431. The molecule has 0 saturated carbocycles. The number of benzene rings is 1. The van der Waals surface area contributed by atoms with Crippen LogP contribution in [-0.2, 0) is 4.74 Å². The molecule has 104 valence electrons. The van der Waals surface area contributed by atoms with Gasteiger partial charge < -0.3 is 9.64 Å². The van der Waals surface area contributed by atoms with Gasteiger partial charge in [0.15, 0.2) is 0 Å². The summed E-state index contributed by atoms with van der Waals surface area (Å²) < 4.78 is 5.07. The molecule has 1 aromatic rings. The molecule has 1 aliphatic rings. The van der Waals surface area contributed by atoms with E-state index in [-0.39, 0.29) is 10.6 Å². The van der Waals surface area contributed by atoms with Gasteiger partial charge in [-0.3, -0.25) is 15.0 Å². The number of hydrogen-bond acceptors (Lipinski definition) is 5. The second-order valence-corrected chi connectivity index (χ2v) is 4.60. The van der Waals surface area contributed by atoms with E-state index < -0.39 is 0 Å². The molecule has 1 fully saturated rings. The van der Waals surface area contributed by atoms with Gasteiger partial charge in [-0.1, -0.05) is 6.07 Å². The summed E-state index contributed by atoms with van der Waals surface area (Å²) in [5.74, 6) is 0. The number of non-ortho nitro benzene ring substituents is 1. The lowest BCUT2D eigenvalue weighted by molar-refractivity contribution is -0.384. The van der Waals surface area contributed by atoms with Gasteiger partial charge in [0, 0.05) is 57.7 Å². The molecule has 0 bridgehead atoms. The van der Waals surface area contributed by atoms with Crippen LogP contribution in [0.2, 0.25) is 0 Å². The van der Waals surface area contributed by atoms with Crippen LogP contribution >= 0.6 is 0 Å². The van der Waals surface area contributed by atoms with Crippen molar-refractivity contribution < 1.29 is 9.66 Å². The summed E-state index contributed by atoms with van der Waals surface area (Å²) in [5.41, 5.74) is 1.08. The maximum atomic E-state index is 10.8. The first-order chi connectivity index (χ1) is 9.20. The van der Waals surface area contributed by atoms with Gasteiger partial charge in [-0.15, -0.1) is 0 Å². The van der Waals surface area contributed by atoms with Crippen LogP contribution in [0.15, 0.2) is 24.3 Å². The number of hydrogen-bond donors (Lipinski definition) is 0. The van der Waals surface area contributed by atoms with Crippen molar-refractivity contribution >= 4 is 11.4 Å². The number of rotatable bonds is 5. The van der Waals surface area contributed by atoms with Crippen molar-refractivity contribution in [1.29, 1.82) is 0 Å². The molecule has 0 atom stereocenters. The summed E-state index contributed by atoms with van der Waals surface area (Å²) >= 11 is 0. The normalized spacial score (nSPS) is 16.6. The zero-order valence-electron chi connectivity index (χ0n) is 11.1. The van der Waals surface area contributed by atoms with E-state index in [1.807, 2.05) is 6.07 Å². The maximum absolute atomic E-state index is 10.8. The Morgan fingerprint density at radius 2 is 2.05 bits per heavy atom. The van der Waals surface area contributed by atoms with Crippen molar-refractivity contribution in [3.05, 3.63) is 34.4 Å². The van der Waals surface area contributed by atoms with Crippen molar-refractivity contribution in [3.63, 3.8) is 0 Å². The van der Waals surface area contributed by atoms with Crippen LogP contribution < -0.4 is 4.90 Å². The number of nitro groups is 1. The summed E-state index contributed by atoms with van der Waals surface area (Å²) in [6, 6.07) is 6.84. The van der Waals surface area contributed by atoms with E-state index in [2.05, 4.69) is 9.80 Å². The van der Waals surface area contributed by atoms with E-state index in [0.717, 1.165) is 45.0 Å². The fraction of sp³-hybridized carbons (Fsp3) is 0.538. The molecule has 1 heterocycles. The smallest absolute Gasteiger partial charge is 0.271 e. The highest BCUT2D eigenvalue weighted by molar-refractivity contribution is 5.53. The molecular weight excluding hydrogens is 246 g/mol. The van der Waals surface area contributed by atoms with Crippen LogP contribution in [0.25, 0.3) is 0 Å². The van der Waals surface area contributed by atoms with Crippen LogP contribution in [0.4, 0.5) is 11.4 Å². The minimum atomic E-state index is -0.349. The Balaban J connectivity index is 1.94. The van der Waals surface area contributed by atoms with E-state index >= 15 is 0 Å². The zero-order valence-corrected chi connectivity index (χ0v) is 11.1. The molecule has 2 rings (SSSR count). The topological polar surface area (TPSA) is 58.8 Å². The number of anilines is 1. The van der Waals surface area contributed by atoms with Crippen LogP contribution in [0, 0.1) is 10.1 Å². The first-order valence-electron chi connectivity index (χ1n) is 6.41. The van der Waals surface area contributed by atoms with E-state index in [1.165, 1.54) is 6.07 Å². The summed E-state index contributed by atoms with van der Waals surface area (Å²) in [7, 11) is 1.71. The van der Waals surface area contributed by atoms with Gasteiger partial charge in [-0.2, -0.15) is 0 Å². The van der Waals surface area contributed by atoms with E-state index in [4.69, 9.17) is 4.74 Å². The average Bonchev–Trinajstić information content (AvgIpc) is 2.46. The third kappa shape index (κ3) is 3.65. The second kappa shape index (κ2) is 6.49. The molecule has 6 nitrogen and oxygen atoms in total. The highest BCUT2D eigenvalue weighted by Crippen LogP contribution is 2.22. The van der Waals surface area contributed by atoms with Crippen molar-refractivity contribution in [3.8, 4) is 0 Å². The highest BCUT2D eigenvalue weighted by atomic mass is 16.6. The van der Waals surface area contributed by atoms with Crippen molar-refractivity contribution in [2.75, 3.05) is 51.3 Å². The largest absolute Gasteiger partial charge is 0.383 e. The Labute approximate surface area is 112 Å². The molecule has 6 heteroatoms. The summed E-state index contributed by atoms with van der Waals surface area (Å²) in [6.45, 7) is 5.41. The lowest BCUT2D eigenvalue weighted by atomic mass is 10.2. The molecule has 0 N–H and O–H groups in total. The molecule has 0 amide bonds. The summed E-state index contributed by atoms with van der Waals surface area (Å²) in [5, 5.41) is 10.8. The van der Waals surface area contributed by atoms with Gasteiger partial charge in [0.2, 0.25) is 0 Å². The molecule has 0 spiro atoms. The fourth-order valence-corrected chi connectivity index (χ4v) is 2.25. The molecule has 0 aromatic heterocycles. The van der Waals surface area contributed by atoms with Gasteiger partial charge in [0.05, 0.1) is 11.5 Å². The number of methoxy groups -OCH3 is 1. The van der Waals surface area contributed by atoms with Crippen molar-refractivity contribution in [2.24, 2.45) is 0 Å². The van der Waals surface area contributed by atoms with Crippen LogP contribution in [0.5, 0.6) is 0 Å². The van der Waals surface area contributed by atoms with E-state index in [1.54, 1.807) is 19.2 Å². The first-order valence-corrected chi connectivity index (χ1v) is 6.41. The molecule has 1 aliphatic heterocycles. The predicted molar refractivity (Wildman–Crippen MR) is 73.6 cm³/mol. The minimum absolute atomic E-state index is 0.152. The Morgan fingerprint density at radius 3 is 2.68 bits per heavy atom. The molecule has 0 radical (unpaired) electrons. The lowest BCUT2D eigenvalue weighted by Crippen LogP contribution is -2.47. The third-order valence-electron chi connectivity index (χ3n) is 3.39. The fourth-order valence-electron chi connectivity index (χ4n) is 2.25. The standard InChI is InChI=1S/C13H19N3O3/c1-19-10-9-14-5-7-15(8-6-14)12-3-2-4-13(11-12)16(17)18/h2-4,11H,5-10H2,1H3. The molecule has 19 heavy (non-hydrogen) atoms. The van der Waals surface area contributed by atoms with E-state index in [0.29, 0.717) is 0 Å². The summed E-state index contributed by atoms with van der Waals surface area (Å²) in [4.78, 5) is 15.0. The van der Waals surface area contributed by atoms with Gasteiger partial charge in [0.1, 0.15) is 0 Å². The average molecular weight is 265 g/mol. The third-order valence-corrected chi connectivity index (χ3v) is 3.39. The number of ether oxygens (including phenoxy) is 1. The zero-order chi connectivity index (χ0) is 13.7. The number of nitrogens with zero attached hydrogens (tertiary/aromatic N) is 3. The van der Waals surface area contributed by atoms with Gasteiger partial charge in [-0.05, 0) is 6.07 Å². The van der Waals surface area contributed by atoms with Crippen LogP contribution in [0.1, 0.15) is 0 Å². The molecular formula is C13H19N3O3. The highest BCUT2D eigenvalue weighted by Gasteiger charge is 2.18. The SMILES string of the molecule is COCCN1CCN(c2cccc([N+](=O)[O-])c2)CC1. The van der Waals surface area contributed by atoms with Crippen molar-refractivity contribution in [2.45, 2.75) is 0 Å². The van der Waals surface area contributed by atoms with Gasteiger partial charge in [0.25, 0.3) is 5.69 Å². The molecule has 0 unspecified atom stereocenters. The summed E-state index contributed by atoms with van der Waals surface area (Å²) in [6.07, 6.45) is 0. The minimum Gasteiger partial charge on any atom is -0.383 e. The first kappa shape index (κ1) is 13.8. The quantitative estimate of drug-likeness (QED) is 0.594.